The number of ether oxygens (including phenoxy) is 1. The van der Waals surface area contributed by atoms with E-state index in [2.05, 4.69) is 10.3 Å². The van der Waals surface area contributed by atoms with Gasteiger partial charge >= 0.3 is 0 Å². The van der Waals surface area contributed by atoms with Gasteiger partial charge in [0.1, 0.15) is 18.2 Å². The molecule has 1 aromatic heterocycles. The minimum atomic E-state index is 0.358. The van der Waals surface area contributed by atoms with Crippen molar-refractivity contribution < 1.29 is 4.74 Å². The molecule has 1 heterocycles. The summed E-state index contributed by atoms with van der Waals surface area (Å²) in [6.07, 6.45) is 2.05. The van der Waals surface area contributed by atoms with E-state index < -0.39 is 0 Å². The first-order valence-corrected chi connectivity index (χ1v) is 7.99. The number of aromatic nitrogens is 1. The maximum Gasteiger partial charge on any atom is 0.132 e. The summed E-state index contributed by atoms with van der Waals surface area (Å²) in [6.45, 7) is 3.21. The second-order valence-corrected chi connectivity index (χ2v) is 5.41. The van der Waals surface area contributed by atoms with Crippen LogP contribution in [0.25, 0.3) is 0 Å². The number of benzene rings is 1. The van der Waals surface area contributed by atoms with Crippen LogP contribution in [0.5, 0.6) is 5.75 Å². The molecule has 0 unspecified atom stereocenters. The van der Waals surface area contributed by atoms with Gasteiger partial charge in [-0.05, 0) is 49.6 Å². The van der Waals surface area contributed by atoms with E-state index in [9.17, 15) is 0 Å². The highest BCUT2D eigenvalue weighted by Crippen LogP contribution is 2.22. The van der Waals surface area contributed by atoms with Crippen LogP contribution in [0.4, 0.5) is 5.82 Å². The van der Waals surface area contributed by atoms with Crippen LogP contribution in [0, 0.1) is 0 Å². The third-order valence-electron chi connectivity index (χ3n) is 2.71. The molecule has 0 bridgehead atoms. The molecule has 20 heavy (non-hydrogen) atoms. The third-order valence-corrected chi connectivity index (χ3v) is 3.80. The largest absolute Gasteiger partial charge is 0.487 e. The smallest absolute Gasteiger partial charge is 0.132 e. The molecule has 106 valence electrons. The third kappa shape index (κ3) is 4.05. The Kier molecular flexibility index (Phi) is 5.56. The van der Waals surface area contributed by atoms with Crippen LogP contribution in [0.2, 0.25) is 5.02 Å². The summed E-state index contributed by atoms with van der Waals surface area (Å²) in [4.78, 5) is 5.65. The fraction of sp³-hybridized carbons (Fsp3) is 0.267. The predicted molar refractivity (Wildman–Crippen MR) is 86.0 cm³/mol. The second-order valence-electron chi connectivity index (χ2n) is 4.12. The zero-order valence-corrected chi connectivity index (χ0v) is 13.1. The van der Waals surface area contributed by atoms with Crippen LogP contribution in [-0.4, -0.2) is 17.8 Å². The van der Waals surface area contributed by atoms with Crippen molar-refractivity contribution >= 4 is 29.2 Å². The lowest BCUT2D eigenvalue weighted by atomic mass is 10.3. The van der Waals surface area contributed by atoms with E-state index in [0.717, 1.165) is 23.8 Å². The van der Waals surface area contributed by atoms with Gasteiger partial charge in [-0.3, -0.25) is 0 Å². The Hall–Kier alpha value is -1.39. The molecule has 0 fully saturated rings. The molecule has 0 atom stereocenters. The average molecular weight is 309 g/mol. The fourth-order valence-corrected chi connectivity index (χ4v) is 2.26. The van der Waals surface area contributed by atoms with Crippen LogP contribution in [0.3, 0.4) is 0 Å². The number of halogens is 1. The van der Waals surface area contributed by atoms with Crippen molar-refractivity contribution in [1.29, 1.82) is 0 Å². The van der Waals surface area contributed by atoms with E-state index in [0.29, 0.717) is 11.6 Å². The molecule has 2 aromatic rings. The SMILES string of the molecule is CCNc1ccc(Cl)c(COc2ccc(SC)cc2)n1. The molecular weight excluding hydrogens is 292 g/mol. The van der Waals surface area contributed by atoms with E-state index in [-0.39, 0.29) is 0 Å². The highest BCUT2D eigenvalue weighted by molar-refractivity contribution is 7.98. The fourth-order valence-electron chi connectivity index (χ4n) is 1.69. The standard InChI is InChI=1S/C15H17ClN2OS/c1-3-17-15-9-8-13(16)14(18-15)10-19-11-4-6-12(20-2)7-5-11/h4-9H,3,10H2,1-2H3,(H,17,18). The van der Waals surface area contributed by atoms with E-state index in [1.165, 1.54) is 4.90 Å². The van der Waals surface area contributed by atoms with Crippen molar-refractivity contribution in [1.82, 2.24) is 4.98 Å². The maximum absolute atomic E-state index is 6.14. The summed E-state index contributed by atoms with van der Waals surface area (Å²) in [7, 11) is 0. The van der Waals surface area contributed by atoms with E-state index in [4.69, 9.17) is 16.3 Å². The lowest BCUT2D eigenvalue weighted by Gasteiger charge is -2.09. The molecule has 5 heteroatoms. The number of anilines is 1. The second kappa shape index (κ2) is 7.41. The number of rotatable bonds is 6. The first-order chi connectivity index (χ1) is 9.72. The Morgan fingerprint density at radius 3 is 2.60 bits per heavy atom. The van der Waals surface area contributed by atoms with Crippen LogP contribution >= 0.6 is 23.4 Å². The van der Waals surface area contributed by atoms with Gasteiger partial charge in [0, 0.05) is 11.4 Å². The monoisotopic (exact) mass is 308 g/mol. The molecule has 1 aromatic carbocycles. The average Bonchev–Trinajstić information content (AvgIpc) is 2.48. The minimum Gasteiger partial charge on any atom is -0.487 e. The van der Waals surface area contributed by atoms with Gasteiger partial charge in [-0.25, -0.2) is 4.98 Å². The Bertz CT molecular complexity index is 560. The molecule has 1 N–H and O–H groups in total. The molecule has 0 saturated heterocycles. The molecule has 3 nitrogen and oxygen atoms in total. The van der Waals surface area contributed by atoms with Gasteiger partial charge in [0.05, 0.1) is 10.7 Å². The highest BCUT2D eigenvalue weighted by Gasteiger charge is 2.05. The van der Waals surface area contributed by atoms with Crippen molar-refractivity contribution in [3.63, 3.8) is 0 Å². The van der Waals surface area contributed by atoms with Crippen LogP contribution in [0.15, 0.2) is 41.3 Å². The molecule has 0 aliphatic carbocycles. The summed E-state index contributed by atoms with van der Waals surface area (Å²) in [6, 6.07) is 11.7. The Morgan fingerprint density at radius 2 is 1.95 bits per heavy atom. The molecule has 0 saturated carbocycles. The molecule has 0 radical (unpaired) electrons. The maximum atomic E-state index is 6.14. The Balaban J connectivity index is 2.03. The van der Waals surface area contributed by atoms with Gasteiger partial charge in [0.2, 0.25) is 0 Å². The molecule has 0 amide bonds. The quantitative estimate of drug-likeness (QED) is 0.799. The van der Waals surface area contributed by atoms with Crippen molar-refractivity contribution in [2.24, 2.45) is 0 Å². The van der Waals surface area contributed by atoms with Gasteiger partial charge in [-0.1, -0.05) is 11.6 Å². The zero-order valence-electron chi connectivity index (χ0n) is 11.5. The van der Waals surface area contributed by atoms with Crippen molar-refractivity contribution in [2.75, 3.05) is 18.1 Å². The number of thioether (sulfide) groups is 1. The predicted octanol–water partition coefficient (Wildman–Crippen LogP) is 4.47. The van der Waals surface area contributed by atoms with Crippen molar-refractivity contribution in [3.8, 4) is 5.75 Å². The van der Waals surface area contributed by atoms with E-state index in [1.807, 2.05) is 49.6 Å². The number of hydrogen-bond acceptors (Lipinski definition) is 4. The lowest BCUT2D eigenvalue weighted by molar-refractivity contribution is 0.301. The summed E-state index contributed by atoms with van der Waals surface area (Å²) in [5, 5.41) is 3.78. The van der Waals surface area contributed by atoms with E-state index in [1.54, 1.807) is 11.8 Å². The number of hydrogen-bond donors (Lipinski definition) is 1. The van der Waals surface area contributed by atoms with Crippen LogP contribution in [-0.2, 0) is 6.61 Å². The first kappa shape index (κ1) is 15.0. The summed E-state index contributed by atoms with van der Waals surface area (Å²) in [5.41, 5.74) is 0.735. The summed E-state index contributed by atoms with van der Waals surface area (Å²) in [5.74, 6) is 1.63. The summed E-state index contributed by atoms with van der Waals surface area (Å²) >= 11 is 7.84. The van der Waals surface area contributed by atoms with Gasteiger partial charge in [-0.2, -0.15) is 0 Å². The lowest BCUT2D eigenvalue weighted by Crippen LogP contribution is -2.04. The van der Waals surface area contributed by atoms with Crippen LogP contribution in [0.1, 0.15) is 12.6 Å². The van der Waals surface area contributed by atoms with Gasteiger partial charge in [0.15, 0.2) is 0 Å². The summed E-state index contributed by atoms with van der Waals surface area (Å²) < 4.78 is 5.72. The van der Waals surface area contributed by atoms with Gasteiger partial charge in [-0.15, -0.1) is 11.8 Å². The van der Waals surface area contributed by atoms with Crippen molar-refractivity contribution in [3.05, 3.63) is 47.1 Å². The highest BCUT2D eigenvalue weighted by atomic mass is 35.5. The van der Waals surface area contributed by atoms with Crippen LogP contribution < -0.4 is 10.1 Å². The van der Waals surface area contributed by atoms with E-state index >= 15 is 0 Å². The normalized spacial score (nSPS) is 10.3. The van der Waals surface area contributed by atoms with Gasteiger partial charge < -0.3 is 10.1 Å². The molecule has 0 aliphatic heterocycles. The Labute approximate surface area is 128 Å². The molecule has 0 aliphatic rings. The topological polar surface area (TPSA) is 34.1 Å². The van der Waals surface area contributed by atoms with Gasteiger partial charge in [0.25, 0.3) is 0 Å². The van der Waals surface area contributed by atoms with Crippen molar-refractivity contribution in [2.45, 2.75) is 18.4 Å². The number of nitrogens with one attached hydrogen (secondary N) is 1. The molecule has 0 spiro atoms. The molecule has 2 rings (SSSR count). The Morgan fingerprint density at radius 1 is 1.20 bits per heavy atom. The minimum absolute atomic E-state index is 0.358. The zero-order chi connectivity index (χ0) is 14.4. The number of nitrogens with zero attached hydrogens (tertiary/aromatic N) is 1. The first-order valence-electron chi connectivity index (χ1n) is 6.39. The molecular formula is C15H17ClN2OS. The number of pyridine rings is 1.